The van der Waals surface area contributed by atoms with Crippen molar-refractivity contribution in [2.75, 3.05) is 5.32 Å². The van der Waals surface area contributed by atoms with E-state index in [4.69, 9.17) is 0 Å². The molecule has 0 aliphatic rings. The Bertz CT molecular complexity index is 839. The number of carbonyl (C=O) groups excluding carboxylic acids is 1. The number of para-hydroxylation sites is 1. The Morgan fingerprint density at radius 2 is 2.00 bits per heavy atom. The summed E-state index contributed by atoms with van der Waals surface area (Å²) in [6.45, 7) is 0. The van der Waals surface area contributed by atoms with Gasteiger partial charge in [0.1, 0.15) is 0 Å². The zero-order chi connectivity index (χ0) is 14.8. The van der Waals surface area contributed by atoms with E-state index >= 15 is 0 Å². The minimum Gasteiger partial charge on any atom is -0.319 e. The van der Waals surface area contributed by atoms with Gasteiger partial charge in [-0.15, -0.1) is 0 Å². The van der Waals surface area contributed by atoms with Crippen LogP contribution < -0.4 is 5.32 Å². The summed E-state index contributed by atoms with van der Waals surface area (Å²) in [5, 5.41) is 14.2. The van der Waals surface area contributed by atoms with Crippen LogP contribution in [0, 0.1) is 10.1 Å². The maximum Gasteiger partial charge on any atom is 0.324 e. The Hall–Kier alpha value is -2.80. The normalized spacial score (nSPS) is 10.5. The summed E-state index contributed by atoms with van der Waals surface area (Å²) in [6, 6.07) is 11.9. The molecule has 1 N–H and O–H groups in total. The van der Waals surface area contributed by atoms with Crippen molar-refractivity contribution in [1.82, 2.24) is 4.98 Å². The second-order valence-corrected chi connectivity index (χ2v) is 5.29. The largest absolute Gasteiger partial charge is 0.324 e. The summed E-state index contributed by atoms with van der Waals surface area (Å²) < 4.78 is 0. The van der Waals surface area contributed by atoms with Crippen molar-refractivity contribution in [2.45, 2.75) is 0 Å². The maximum absolute atomic E-state index is 12.1. The number of amides is 1. The molecular formula is C14H9N3O3S. The second kappa shape index (κ2) is 5.29. The van der Waals surface area contributed by atoms with Crippen molar-refractivity contribution in [3.05, 3.63) is 63.7 Å². The van der Waals surface area contributed by atoms with E-state index in [2.05, 4.69) is 10.3 Å². The lowest BCUT2D eigenvalue weighted by Crippen LogP contribution is -2.10. The lowest BCUT2D eigenvalue weighted by Gasteiger charge is -2.06. The number of hydrogen-bond donors (Lipinski definition) is 1. The monoisotopic (exact) mass is 299 g/mol. The van der Waals surface area contributed by atoms with Gasteiger partial charge < -0.3 is 5.32 Å². The quantitative estimate of drug-likeness (QED) is 0.593. The minimum absolute atomic E-state index is 0.0591. The molecule has 104 valence electrons. The van der Waals surface area contributed by atoms with Crippen LogP contribution in [0.25, 0.3) is 10.9 Å². The average Bonchev–Trinajstić information content (AvgIpc) is 2.98. The third-order valence-corrected chi connectivity index (χ3v) is 3.91. The zero-order valence-electron chi connectivity index (χ0n) is 10.6. The standard InChI is InChI=1S/C14H9N3O3S/c18-14(11-6-7-12(21-11)17(19)20)16-10-5-1-3-9-4-2-8-15-13(9)10/h1-8H,(H,16,18). The van der Waals surface area contributed by atoms with Gasteiger partial charge in [0, 0.05) is 17.6 Å². The van der Waals surface area contributed by atoms with Crippen molar-refractivity contribution in [3.63, 3.8) is 0 Å². The summed E-state index contributed by atoms with van der Waals surface area (Å²) in [4.78, 5) is 26.8. The van der Waals surface area contributed by atoms with Crippen LogP contribution in [-0.2, 0) is 0 Å². The SMILES string of the molecule is O=C(Nc1cccc2cccnc12)c1ccc([N+](=O)[O-])s1. The van der Waals surface area contributed by atoms with Crippen LogP contribution in [0.2, 0.25) is 0 Å². The molecule has 0 radical (unpaired) electrons. The fraction of sp³-hybridized carbons (Fsp3) is 0. The van der Waals surface area contributed by atoms with Crippen molar-refractivity contribution in [1.29, 1.82) is 0 Å². The number of nitro groups is 1. The predicted molar refractivity (Wildman–Crippen MR) is 80.7 cm³/mol. The zero-order valence-corrected chi connectivity index (χ0v) is 11.5. The molecule has 0 unspecified atom stereocenters. The molecule has 0 atom stereocenters. The van der Waals surface area contributed by atoms with Crippen LogP contribution in [0.15, 0.2) is 48.7 Å². The number of nitrogens with zero attached hydrogens (tertiary/aromatic N) is 2. The molecule has 21 heavy (non-hydrogen) atoms. The third-order valence-electron chi connectivity index (χ3n) is 2.88. The molecule has 1 aromatic carbocycles. The molecule has 0 fully saturated rings. The number of aromatic nitrogens is 1. The van der Waals surface area contributed by atoms with E-state index in [9.17, 15) is 14.9 Å². The van der Waals surface area contributed by atoms with Crippen LogP contribution in [0.5, 0.6) is 0 Å². The van der Waals surface area contributed by atoms with Gasteiger partial charge in [0.05, 0.1) is 21.0 Å². The van der Waals surface area contributed by atoms with Gasteiger partial charge in [0.25, 0.3) is 5.91 Å². The van der Waals surface area contributed by atoms with Gasteiger partial charge in [-0.25, -0.2) is 0 Å². The highest BCUT2D eigenvalue weighted by Gasteiger charge is 2.16. The van der Waals surface area contributed by atoms with E-state index < -0.39 is 4.92 Å². The number of pyridine rings is 1. The van der Waals surface area contributed by atoms with Crippen LogP contribution in [0.3, 0.4) is 0 Å². The second-order valence-electron chi connectivity index (χ2n) is 4.23. The lowest BCUT2D eigenvalue weighted by atomic mass is 10.2. The van der Waals surface area contributed by atoms with E-state index in [1.807, 2.05) is 24.3 Å². The summed E-state index contributed by atoms with van der Waals surface area (Å²) in [5.74, 6) is -0.383. The van der Waals surface area contributed by atoms with E-state index in [0.717, 1.165) is 16.7 Å². The first-order valence-corrected chi connectivity index (χ1v) is 6.86. The molecule has 3 aromatic rings. The highest BCUT2D eigenvalue weighted by Crippen LogP contribution is 2.26. The fourth-order valence-electron chi connectivity index (χ4n) is 1.94. The average molecular weight is 299 g/mol. The Morgan fingerprint density at radius 1 is 1.19 bits per heavy atom. The minimum atomic E-state index is -0.513. The lowest BCUT2D eigenvalue weighted by molar-refractivity contribution is -0.380. The third kappa shape index (κ3) is 2.59. The molecule has 7 heteroatoms. The number of carbonyl (C=O) groups is 1. The summed E-state index contributed by atoms with van der Waals surface area (Å²) in [7, 11) is 0. The van der Waals surface area contributed by atoms with Crippen molar-refractivity contribution in [2.24, 2.45) is 0 Å². The highest BCUT2D eigenvalue weighted by molar-refractivity contribution is 7.17. The van der Waals surface area contributed by atoms with E-state index in [1.54, 1.807) is 12.3 Å². The predicted octanol–water partition coefficient (Wildman–Crippen LogP) is 3.46. The number of thiophene rings is 1. The first kappa shape index (κ1) is 13.2. The van der Waals surface area contributed by atoms with Crippen molar-refractivity contribution >= 4 is 38.8 Å². The van der Waals surface area contributed by atoms with Crippen LogP contribution in [0.1, 0.15) is 9.67 Å². The van der Waals surface area contributed by atoms with Crippen LogP contribution >= 0.6 is 11.3 Å². The molecule has 0 spiro atoms. The number of anilines is 1. The van der Waals surface area contributed by atoms with Crippen molar-refractivity contribution < 1.29 is 9.72 Å². The van der Waals surface area contributed by atoms with Gasteiger partial charge in [-0.1, -0.05) is 29.5 Å². The summed E-state index contributed by atoms with van der Waals surface area (Å²) >= 11 is 0.842. The molecule has 0 saturated heterocycles. The summed E-state index contributed by atoms with van der Waals surface area (Å²) in [5.41, 5.74) is 1.26. The van der Waals surface area contributed by atoms with E-state index in [0.29, 0.717) is 11.2 Å². The van der Waals surface area contributed by atoms with Gasteiger partial charge in [-0.3, -0.25) is 19.9 Å². The first-order chi connectivity index (χ1) is 10.1. The number of rotatable bonds is 3. The molecule has 0 aliphatic heterocycles. The number of benzene rings is 1. The Labute approximate surface area is 123 Å². The molecule has 6 nitrogen and oxygen atoms in total. The fourth-order valence-corrected chi connectivity index (χ4v) is 2.65. The van der Waals surface area contributed by atoms with Gasteiger partial charge in [0.15, 0.2) is 0 Å². The summed E-state index contributed by atoms with van der Waals surface area (Å²) in [6.07, 6.45) is 1.65. The molecule has 1 amide bonds. The molecule has 3 rings (SSSR count). The Morgan fingerprint density at radius 3 is 2.76 bits per heavy atom. The first-order valence-electron chi connectivity index (χ1n) is 6.04. The van der Waals surface area contributed by atoms with Gasteiger partial charge in [-0.05, 0) is 18.2 Å². The molecule has 2 aromatic heterocycles. The van der Waals surface area contributed by atoms with Gasteiger partial charge in [0.2, 0.25) is 0 Å². The smallest absolute Gasteiger partial charge is 0.319 e. The van der Waals surface area contributed by atoms with Gasteiger partial charge in [-0.2, -0.15) is 0 Å². The van der Waals surface area contributed by atoms with E-state index in [-0.39, 0.29) is 15.8 Å². The van der Waals surface area contributed by atoms with Crippen LogP contribution in [0.4, 0.5) is 10.7 Å². The molecule has 2 heterocycles. The Kier molecular flexibility index (Phi) is 3.33. The number of nitrogens with one attached hydrogen (secondary N) is 1. The molecular weight excluding hydrogens is 290 g/mol. The van der Waals surface area contributed by atoms with Crippen molar-refractivity contribution in [3.8, 4) is 0 Å². The molecule has 0 saturated carbocycles. The van der Waals surface area contributed by atoms with Gasteiger partial charge >= 0.3 is 5.00 Å². The highest BCUT2D eigenvalue weighted by atomic mass is 32.1. The molecule has 0 aliphatic carbocycles. The number of hydrogen-bond acceptors (Lipinski definition) is 5. The Balaban J connectivity index is 1.91. The van der Waals surface area contributed by atoms with Crippen LogP contribution in [-0.4, -0.2) is 15.8 Å². The molecule has 0 bridgehead atoms. The topological polar surface area (TPSA) is 85.1 Å². The maximum atomic E-state index is 12.1. The number of fused-ring (bicyclic) bond motifs is 1. The van der Waals surface area contributed by atoms with E-state index in [1.165, 1.54) is 12.1 Å².